The Balaban J connectivity index is 1.86. The zero-order valence-electron chi connectivity index (χ0n) is 15.8. The molecule has 0 bridgehead atoms. The molecule has 0 fully saturated rings. The van der Waals surface area contributed by atoms with Crippen molar-refractivity contribution in [1.29, 1.82) is 0 Å². The van der Waals surface area contributed by atoms with E-state index in [1.54, 1.807) is 31.2 Å². The molecule has 1 amide bonds. The van der Waals surface area contributed by atoms with Crippen LogP contribution in [0.15, 0.2) is 53.3 Å². The molecule has 0 radical (unpaired) electrons. The number of carbonyl (C=O) groups is 2. The van der Waals surface area contributed by atoms with Gasteiger partial charge in [-0.25, -0.2) is 0 Å². The fourth-order valence-electron chi connectivity index (χ4n) is 2.75. The van der Waals surface area contributed by atoms with Crippen LogP contribution in [0.25, 0.3) is 0 Å². The zero-order chi connectivity index (χ0) is 20.3. The van der Waals surface area contributed by atoms with Crippen LogP contribution in [0.3, 0.4) is 0 Å². The Labute approximate surface area is 166 Å². The maximum absolute atomic E-state index is 12.6. The highest BCUT2D eigenvalue weighted by Gasteiger charge is 2.19. The molecule has 0 saturated heterocycles. The van der Waals surface area contributed by atoms with Gasteiger partial charge in [0.1, 0.15) is 10.6 Å². The largest absolute Gasteiger partial charge is 0.426 e. The lowest BCUT2D eigenvalue weighted by Gasteiger charge is -2.11. The van der Waals surface area contributed by atoms with Crippen molar-refractivity contribution in [3.63, 3.8) is 0 Å². The molecule has 0 aliphatic carbocycles. The van der Waals surface area contributed by atoms with E-state index in [0.717, 1.165) is 16.9 Å². The number of para-hydroxylation sites is 1. The van der Waals surface area contributed by atoms with Crippen LogP contribution in [-0.4, -0.2) is 16.4 Å². The number of amides is 1. The van der Waals surface area contributed by atoms with Crippen LogP contribution in [-0.2, 0) is 11.3 Å². The van der Waals surface area contributed by atoms with Crippen molar-refractivity contribution < 1.29 is 14.3 Å². The van der Waals surface area contributed by atoms with Crippen molar-refractivity contribution in [2.45, 2.75) is 27.3 Å². The normalized spacial score (nSPS) is 10.5. The number of hydrogen-bond acceptors (Lipinski definition) is 5. The van der Waals surface area contributed by atoms with Crippen molar-refractivity contribution in [1.82, 2.24) is 4.57 Å². The second kappa shape index (κ2) is 8.22. The van der Waals surface area contributed by atoms with E-state index in [-0.39, 0.29) is 17.3 Å². The van der Waals surface area contributed by atoms with Gasteiger partial charge in [0.25, 0.3) is 5.91 Å². The fourth-order valence-corrected chi connectivity index (χ4v) is 3.64. The first-order valence-corrected chi connectivity index (χ1v) is 9.51. The summed E-state index contributed by atoms with van der Waals surface area (Å²) in [7, 11) is 0. The minimum Gasteiger partial charge on any atom is -0.426 e. The molecule has 0 aliphatic rings. The van der Waals surface area contributed by atoms with Gasteiger partial charge in [0.2, 0.25) is 0 Å². The standard InChI is InChI=1S/C21H20N2O4S/c1-13-8-10-17(11-9-13)22-20(25)19-14(2)23(21(26)28-19)12-16-6-4-5-7-18(16)27-15(3)24/h4-11H,12H2,1-3H3,(H,22,25). The van der Waals surface area contributed by atoms with Crippen molar-refractivity contribution in [3.05, 3.63) is 79.9 Å². The Hall–Kier alpha value is -3.19. The molecule has 3 aromatic rings. The lowest BCUT2D eigenvalue weighted by atomic mass is 10.2. The van der Waals surface area contributed by atoms with Gasteiger partial charge in [0.05, 0.1) is 6.54 Å². The second-order valence-electron chi connectivity index (χ2n) is 6.39. The highest BCUT2D eigenvalue weighted by Crippen LogP contribution is 2.22. The number of benzene rings is 2. The van der Waals surface area contributed by atoms with Crippen molar-refractivity contribution >= 4 is 28.9 Å². The number of nitrogens with zero attached hydrogens (tertiary/aromatic N) is 1. The van der Waals surface area contributed by atoms with E-state index in [9.17, 15) is 14.4 Å². The van der Waals surface area contributed by atoms with Crippen LogP contribution in [0.4, 0.5) is 5.69 Å². The summed E-state index contributed by atoms with van der Waals surface area (Å²) in [5, 5.41) is 2.82. The highest BCUT2D eigenvalue weighted by molar-refractivity contribution is 7.11. The van der Waals surface area contributed by atoms with Gasteiger partial charge in [-0.3, -0.25) is 19.0 Å². The van der Waals surface area contributed by atoms with Crippen LogP contribution in [0.2, 0.25) is 0 Å². The molecule has 28 heavy (non-hydrogen) atoms. The van der Waals surface area contributed by atoms with E-state index in [0.29, 0.717) is 27.6 Å². The number of ether oxygens (including phenoxy) is 1. The van der Waals surface area contributed by atoms with Gasteiger partial charge in [-0.2, -0.15) is 0 Å². The molecule has 2 aromatic carbocycles. The molecular formula is C21H20N2O4S. The summed E-state index contributed by atoms with van der Waals surface area (Å²) in [5.74, 6) is -0.353. The molecule has 0 atom stereocenters. The lowest BCUT2D eigenvalue weighted by Crippen LogP contribution is -2.17. The Kier molecular flexibility index (Phi) is 5.75. The van der Waals surface area contributed by atoms with Crippen LogP contribution in [0.5, 0.6) is 5.75 Å². The number of nitrogens with one attached hydrogen (secondary N) is 1. The molecule has 0 saturated carbocycles. The zero-order valence-corrected chi connectivity index (χ0v) is 16.6. The van der Waals surface area contributed by atoms with Crippen molar-refractivity contribution in [3.8, 4) is 5.75 Å². The van der Waals surface area contributed by atoms with Crippen molar-refractivity contribution in [2.75, 3.05) is 5.32 Å². The average molecular weight is 396 g/mol. The molecule has 1 heterocycles. The van der Waals surface area contributed by atoms with E-state index in [2.05, 4.69) is 5.32 Å². The summed E-state index contributed by atoms with van der Waals surface area (Å²) in [6.07, 6.45) is 0. The van der Waals surface area contributed by atoms with Gasteiger partial charge in [0, 0.05) is 23.9 Å². The number of aromatic nitrogens is 1. The molecular weight excluding hydrogens is 376 g/mol. The molecule has 0 aliphatic heterocycles. The van der Waals surface area contributed by atoms with E-state index in [1.165, 1.54) is 11.5 Å². The first kappa shape index (κ1) is 19.6. The maximum Gasteiger partial charge on any atom is 0.308 e. The average Bonchev–Trinajstić information content (AvgIpc) is 2.93. The summed E-state index contributed by atoms with van der Waals surface area (Å²) in [4.78, 5) is 36.5. The highest BCUT2D eigenvalue weighted by atomic mass is 32.1. The number of rotatable bonds is 5. The van der Waals surface area contributed by atoms with Gasteiger partial charge >= 0.3 is 10.8 Å². The number of hydrogen-bond donors (Lipinski definition) is 1. The Morgan fingerprint density at radius 1 is 1.07 bits per heavy atom. The van der Waals surface area contributed by atoms with Gasteiger partial charge in [-0.15, -0.1) is 0 Å². The summed E-state index contributed by atoms with van der Waals surface area (Å²) in [6.45, 7) is 5.24. The predicted octanol–water partition coefficient (Wildman–Crippen LogP) is 3.75. The molecule has 1 aromatic heterocycles. The van der Waals surface area contributed by atoms with Crippen LogP contribution >= 0.6 is 11.3 Å². The summed E-state index contributed by atoms with van der Waals surface area (Å²) >= 11 is 0.898. The lowest BCUT2D eigenvalue weighted by molar-refractivity contribution is -0.131. The number of aryl methyl sites for hydroxylation is 1. The van der Waals surface area contributed by atoms with Gasteiger partial charge in [-0.1, -0.05) is 47.2 Å². The molecule has 6 nitrogen and oxygen atoms in total. The van der Waals surface area contributed by atoms with Crippen molar-refractivity contribution in [2.24, 2.45) is 0 Å². The quantitative estimate of drug-likeness (QED) is 0.526. The second-order valence-corrected chi connectivity index (χ2v) is 7.35. The number of carbonyl (C=O) groups excluding carboxylic acids is 2. The Bertz CT molecular complexity index is 1080. The summed E-state index contributed by atoms with van der Waals surface area (Å²) in [5.41, 5.74) is 3.02. The van der Waals surface area contributed by atoms with Gasteiger partial charge < -0.3 is 10.1 Å². The predicted molar refractivity (Wildman–Crippen MR) is 109 cm³/mol. The SMILES string of the molecule is CC(=O)Oc1ccccc1Cn1c(C)c(C(=O)Nc2ccc(C)cc2)sc1=O. The van der Waals surface area contributed by atoms with Crippen LogP contribution in [0.1, 0.15) is 33.4 Å². The van der Waals surface area contributed by atoms with Gasteiger partial charge in [0.15, 0.2) is 0 Å². The monoisotopic (exact) mass is 396 g/mol. The van der Waals surface area contributed by atoms with E-state index in [1.807, 2.05) is 31.2 Å². The molecule has 0 spiro atoms. The number of thiazole rings is 1. The topological polar surface area (TPSA) is 77.4 Å². The molecule has 7 heteroatoms. The van der Waals surface area contributed by atoms with E-state index in [4.69, 9.17) is 4.74 Å². The third-order valence-corrected chi connectivity index (χ3v) is 5.29. The Morgan fingerprint density at radius 2 is 1.75 bits per heavy atom. The third-order valence-electron chi connectivity index (χ3n) is 4.21. The smallest absolute Gasteiger partial charge is 0.308 e. The van der Waals surface area contributed by atoms with E-state index >= 15 is 0 Å². The number of esters is 1. The fraction of sp³-hybridized carbons (Fsp3) is 0.190. The molecule has 0 unspecified atom stereocenters. The van der Waals surface area contributed by atoms with Crippen LogP contribution in [0, 0.1) is 13.8 Å². The maximum atomic E-state index is 12.6. The molecule has 1 N–H and O–H groups in total. The minimum atomic E-state index is -0.431. The number of anilines is 1. The third kappa shape index (κ3) is 4.37. The molecule has 3 rings (SSSR count). The minimum absolute atomic E-state index is 0.211. The summed E-state index contributed by atoms with van der Waals surface area (Å²) in [6, 6.07) is 14.5. The molecule has 144 valence electrons. The first-order valence-electron chi connectivity index (χ1n) is 8.69. The van der Waals surface area contributed by atoms with Gasteiger partial charge in [-0.05, 0) is 32.0 Å². The van der Waals surface area contributed by atoms with Crippen LogP contribution < -0.4 is 14.9 Å². The Morgan fingerprint density at radius 3 is 2.43 bits per heavy atom. The summed E-state index contributed by atoms with van der Waals surface area (Å²) < 4.78 is 6.72. The first-order chi connectivity index (χ1) is 13.3. The van der Waals surface area contributed by atoms with E-state index < -0.39 is 5.97 Å².